The van der Waals surface area contributed by atoms with Crippen molar-refractivity contribution >= 4 is 10.8 Å². The second-order valence-electron chi connectivity index (χ2n) is 5.37. The molecule has 0 radical (unpaired) electrons. The maximum atomic E-state index is 12.8. The second kappa shape index (κ2) is 4.63. The van der Waals surface area contributed by atoms with Crippen LogP contribution in [0.4, 0.5) is 0 Å². The number of methoxy groups -OCH3 is 2. The van der Waals surface area contributed by atoms with Gasteiger partial charge in [0, 0.05) is 5.56 Å². The van der Waals surface area contributed by atoms with Crippen molar-refractivity contribution < 1.29 is 9.47 Å². The molecule has 4 nitrogen and oxygen atoms in total. The molecule has 0 amide bonds. The van der Waals surface area contributed by atoms with Crippen LogP contribution in [-0.2, 0) is 6.54 Å². The third-order valence-electron chi connectivity index (χ3n) is 4.24. The number of ether oxygens (including phenoxy) is 2. The van der Waals surface area contributed by atoms with E-state index < -0.39 is 0 Å². The zero-order chi connectivity index (χ0) is 15.3. The SMILES string of the molecule is COc1cc2cc3n(c(=O)c2cc1OC)Cc1ccccc1-3. The summed E-state index contributed by atoms with van der Waals surface area (Å²) < 4.78 is 12.5. The summed E-state index contributed by atoms with van der Waals surface area (Å²) in [6, 6.07) is 13.8. The Kier molecular flexibility index (Phi) is 2.73. The number of fused-ring (bicyclic) bond motifs is 4. The molecule has 3 aromatic rings. The first-order valence-electron chi connectivity index (χ1n) is 7.11. The minimum atomic E-state index is 0.00431. The Hall–Kier alpha value is -2.75. The molecule has 1 aliphatic rings. The molecule has 0 aliphatic carbocycles. The van der Waals surface area contributed by atoms with Crippen LogP contribution in [0, 0.1) is 0 Å². The summed E-state index contributed by atoms with van der Waals surface area (Å²) in [6.45, 7) is 0.620. The summed E-state index contributed by atoms with van der Waals surface area (Å²) >= 11 is 0. The van der Waals surface area contributed by atoms with Crippen molar-refractivity contribution in [2.45, 2.75) is 6.54 Å². The minimum absolute atomic E-state index is 0.00431. The summed E-state index contributed by atoms with van der Waals surface area (Å²) in [5, 5.41) is 1.51. The number of rotatable bonds is 2. The van der Waals surface area contributed by atoms with E-state index in [0.717, 1.165) is 16.6 Å². The fourth-order valence-electron chi connectivity index (χ4n) is 3.14. The fourth-order valence-corrected chi connectivity index (χ4v) is 3.14. The predicted octanol–water partition coefficient (Wildman–Crippen LogP) is 3.05. The molecule has 0 fully saturated rings. The number of aromatic nitrogens is 1. The quantitative estimate of drug-likeness (QED) is 0.570. The zero-order valence-corrected chi connectivity index (χ0v) is 12.4. The first-order chi connectivity index (χ1) is 10.7. The van der Waals surface area contributed by atoms with E-state index >= 15 is 0 Å². The Morgan fingerprint density at radius 1 is 1.00 bits per heavy atom. The second-order valence-corrected chi connectivity index (χ2v) is 5.37. The summed E-state index contributed by atoms with van der Waals surface area (Å²) in [5.41, 5.74) is 3.26. The highest BCUT2D eigenvalue weighted by atomic mass is 16.5. The van der Waals surface area contributed by atoms with Gasteiger partial charge in [0.15, 0.2) is 11.5 Å². The molecule has 2 heterocycles. The van der Waals surface area contributed by atoms with Crippen molar-refractivity contribution in [3.05, 3.63) is 58.4 Å². The van der Waals surface area contributed by atoms with Crippen LogP contribution in [0.3, 0.4) is 0 Å². The van der Waals surface area contributed by atoms with Crippen molar-refractivity contribution in [3.8, 4) is 22.8 Å². The maximum absolute atomic E-state index is 12.8. The molecule has 0 saturated heterocycles. The van der Waals surface area contributed by atoms with Gasteiger partial charge in [-0.05, 0) is 29.1 Å². The van der Waals surface area contributed by atoms with Crippen molar-refractivity contribution in [2.24, 2.45) is 0 Å². The zero-order valence-electron chi connectivity index (χ0n) is 12.4. The number of hydrogen-bond donors (Lipinski definition) is 0. The third-order valence-corrected chi connectivity index (χ3v) is 4.24. The van der Waals surface area contributed by atoms with Crippen molar-refractivity contribution in [3.63, 3.8) is 0 Å². The Labute approximate surface area is 127 Å². The number of pyridine rings is 1. The van der Waals surface area contributed by atoms with E-state index in [0.29, 0.717) is 23.4 Å². The molecule has 0 bridgehead atoms. The van der Waals surface area contributed by atoms with Gasteiger partial charge in [-0.25, -0.2) is 0 Å². The molecule has 0 unspecified atom stereocenters. The molecule has 4 heteroatoms. The van der Waals surface area contributed by atoms with E-state index in [1.807, 2.05) is 28.8 Å². The van der Waals surface area contributed by atoms with Crippen LogP contribution in [0.15, 0.2) is 47.3 Å². The molecular formula is C18H15NO3. The largest absolute Gasteiger partial charge is 0.493 e. The van der Waals surface area contributed by atoms with Crippen LogP contribution in [0.5, 0.6) is 11.5 Å². The Balaban J connectivity index is 2.07. The van der Waals surface area contributed by atoms with E-state index in [4.69, 9.17) is 9.47 Å². The summed E-state index contributed by atoms with van der Waals surface area (Å²) in [7, 11) is 3.17. The third kappa shape index (κ3) is 1.67. The highest BCUT2D eigenvalue weighted by Crippen LogP contribution is 2.35. The first-order valence-corrected chi connectivity index (χ1v) is 7.11. The lowest BCUT2D eigenvalue weighted by molar-refractivity contribution is 0.356. The number of benzene rings is 2. The average molecular weight is 293 g/mol. The van der Waals surface area contributed by atoms with Gasteiger partial charge in [0.05, 0.1) is 31.8 Å². The Morgan fingerprint density at radius 2 is 1.73 bits per heavy atom. The van der Waals surface area contributed by atoms with Crippen LogP contribution in [-0.4, -0.2) is 18.8 Å². The van der Waals surface area contributed by atoms with Crippen LogP contribution < -0.4 is 15.0 Å². The molecule has 4 rings (SSSR count). The van der Waals surface area contributed by atoms with E-state index in [1.165, 1.54) is 5.56 Å². The smallest absolute Gasteiger partial charge is 0.259 e. The highest BCUT2D eigenvalue weighted by molar-refractivity contribution is 5.89. The van der Waals surface area contributed by atoms with Crippen molar-refractivity contribution in [2.75, 3.05) is 14.2 Å². The van der Waals surface area contributed by atoms with E-state index in [2.05, 4.69) is 12.1 Å². The predicted molar refractivity (Wildman–Crippen MR) is 85.9 cm³/mol. The number of nitrogens with zero attached hydrogens (tertiary/aromatic N) is 1. The molecule has 0 N–H and O–H groups in total. The van der Waals surface area contributed by atoms with Gasteiger partial charge >= 0.3 is 0 Å². The van der Waals surface area contributed by atoms with E-state index in [1.54, 1.807) is 20.3 Å². The molecule has 1 aliphatic heterocycles. The topological polar surface area (TPSA) is 40.5 Å². The van der Waals surface area contributed by atoms with Crippen LogP contribution in [0.2, 0.25) is 0 Å². The Bertz CT molecular complexity index is 956. The molecule has 2 aromatic carbocycles. The molecule has 1 aromatic heterocycles. The normalized spacial score (nSPS) is 12.1. The lowest BCUT2D eigenvalue weighted by atomic mass is 10.1. The van der Waals surface area contributed by atoms with Crippen LogP contribution in [0.25, 0.3) is 22.0 Å². The minimum Gasteiger partial charge on any atom is -0.493 e. The molecule has 110 valence electrons. The van der Waals surface area contributed by atoms with Gasteiger partial charge in [-0.2, -0.15) is 0 Å². The molecule has 22 heavy (non-hydrogen) atoms. The van der Waals surface area contributed by atoms with Gasteiger partial charge < -0.3 is 14.0 Å². The molecule has 0 spiro atoms. The fraction of sp³-hybridized carbons (Fsp3) is 0.167. The van der Waals surface area contributed by atoms with Crippen LogP contribution in [0.1, 0.15) is 5.56 Å². The number of hydrogen-bond acceptors (Lipinski definition) is 3. The van der Waals surface area contributed by atoms with Gasteiger partial charge in [0.25, 0.3) is 5.56 Å². The van der Waals surface area contributed by atoms with Crippen LogP contribution >= 0.6 is 0 Å². The van der Waals surface area contributed by atoms with E-state index in [9.17, 15) is 4.79 Å². The van der Waals surface area contributed by atoms with Gasteiger partial charge in [-0.3, -0.25) is 4.79 Å². The van der Waals surface area contributed by atoms with Gasteiger partial charge in [0.1, 0.15) is 0 Å². The average Bonchev–Trinajstić information content (AvgIpc) is 2.93. The molecular weight excluding hydrogens is 278 g/mol. The first kappa shape index (κ1) is 13.0. The monoisotopic (exact) mass is 293 g/mol. The van der Waals surface area contributed by atoms with E-state index in [-0.39, 0.29) is 5.56 Å². The maximum Gasteiger partial charge on any atom is 0.259 e. The molecule has 0 atom stereocenters. The summed E-state index contributed by atoms with van der Waals surface area (Å²) in [5.74, 6) is 1.20. The Morgan fingerprint density at radius 3 is 2.50 bits per heavy atom. The molecule has 0 saturated carbocycles. The van der Waals surface area contributed by atoms with Gasteiger partial charge in [-0.15, -0.1) is 0 Å². The lowest BCUT2D eigenvalue weighted by Gasteiger charge is -2.11. The standard InChI is InChI=1S/C18H15NO3/c1-21-16-8-12-7-15-13-6-4-3-5-11(13)10-19(15)18(20)14(12)9-17(16)22-2/h3-9H,10H2,1-2H3. The van der Waals surface area contributed by atoms with Crippen molar-refractivity contribution in [1.82, 2.24) is 4.57 Å². The highest BCUT2D eigenvalue weighted by Gasteiger charge is 2.21. The van der Waals surface area contributed by atoms with Crippen molar-refractivity contribution in [1.29, 1.82) is 0 Å². The lowest BCUT2D eigenvalue weighted by Crippen LogP contribution is -2.19. The summed E-state index contributed by atoms with van der Waals surface area (Å²) in [6.07, 6.45) is 0. The summed E-state index contributed by atoms with van der Waals surface area (Å²) in [4.78, 5) is 12.8. The van der Waals surface area contributed by atoms with Gasteiger partial charge in [0.2, 0.25) is 0 Å². The van der Waals surface area contributed by atoms with Gasteiger partial charge in [-0.1, -0.05) is 24.3 Å².